The van der Waals surface area contributed by atoms with Crippen LogP contribution in [0, 0.1) is 5.92 Å². The fraction of sp³-hybridized carbons (Fsp3) is 0.510. The maximum Gasteiger partial charge on any atom is 0.326 e. The Bertz CT molecular complexity index is 2130. The van der Waals surface area contributed by atoms with E-state index in [1.54, 1.807) is 38.1 Å². The molecule has 0 bridgehead atoms. The van der Waals surface area contributed by atoms with Crippen molar-refractivity contribution in [1.82, 2.24) is 10.2 Å². The maximum absolute atomic E-state index is 13.8. The van der Waals surface area contributed by atoms with Crippen LogP contribution in [-0.2, 0) is 19.2 Å². The minimum atomic E-state index is -1.43. The summed E-state index contributed by atoms with van der Waals surface area (Å²) < 4.78 is 5.19. The van der Waals surface area contributed by atoms with Gasteiger partial charge in [-0.3, -0.25) is 19.2 Å². The molecule has 0 spiro atoms. The van der Waals surface area contributed by atoms with Gasteiger partial charge < -0.3 is 25.4 Å². The number of hydrazone groups is 1. The van der Waals surface area contributed by atoms with Gasteiger partial charge in [-0.1, -0.05) is 158 Å². The van der Waals surface area contributed by atoms with Gasteiger partial charge in [0.05, 0.1) is 29.3 Å². The van der Waals surface area contributed by atoms with Crippen molar-refractivity contribution >= 4 is 87.3 Å². The lowest BCUT2D eigenvalue weighted by Gasteiger charge is -2.30. The first kappa shape index (κ1) is 53.6. The van der Waals surface area contributed by atoms with Crippen LogP contribution in [-0.4, -0.2) is 71.2 Å². The van der Waals surface area contributed by atoms with Gasteiger partial charge in [-0.05, 0) is 61.0 Å². The topological polar surface area (TPSA) is 182 Å². The molecule has 1 aliphatic heterocycles. The Morgan fingerprint density at radius 1 is 0.803 bits per heavy atom. The molecule has 3 aromatic carbocycles. The monoisotopic (exact) mass is 967 g/mol. The molecule has 358 valence electrons. The van der Waals surface area contributed by atoms with Crippen LogP contribution in [0.4, 0.5) is 17.1 Å². The normalized spacial score (nSPS) is 14.1. The molecule has 4 amide bonds. The number of nitrogens with one attached hydrogen (secondary N) is 2. The number of nitrogens with zero attached hydrogens (tertiary/aromatic N) is 5. The third-order valence-electron chi connectivity index (χ3n) is 11.2. The zero-order chi connectivity index (χ0) is 48.0. The van der Waals surface area contributed by atoms with Crippen LogP contribution in [0.15, 0.2) is 76.0 Å². The summed E-state index contributed by atoms with van der Waals surface area (Å²) in [6, 6.07) is 12.4. The lowest BCUT2D eigenvalue weighted by atomic mass is 10.0. The SMILES string of the molecule is CCCCCCCCCCCCCCCCCCN(C(=O)C(C)C)[C@H](CC(=O)Nc1cccc(C(=O)NC2=NN(c3c(Cl)cc(Cl)cc3Cl)C(=O)C2N=Nc2ccc(OC)cc2)c1)C(=O)O. The van der Waals surface area contributed by atoms with Crippen LogP contribution >= 0.6 is 34.8 Å². The van der Waals surface area contributed by atoms with E-state index in [0.29, 0.717) is 17.9 Å². The number of carboxylic acid groups (broad SMARTS) is 1. The van der Waals surface area contributed by atoms with E-state index in [9.17, 15) is 29.1 Å². The molecule has 0 aliphatic carbocycles. The van der Waals surface area contributed by atoms with Crippen molar-refractivity contribution in [2.75, 3.05) is 24.0 Å². The average molecular weight is 969 g/mol. The highest BCUT2D eigenvalue weighted by molar-refractivity contribution is 6.43. The number of carbonyl (C=O) groups is 5. The first-order valence-electron chi connectivity index (χ1n) is 23.1. The Morgan fingerprint density at radius 3 is 1.89 bits per heavy atom. The molecule has 66 heavy (non-hydrogen) atoms. The Balaban J connectivity index is 1.35. The second kappa shape index (κ2) is 28.2. The van der Waals surface area contributed by atoms with Crippen molar-refractivity contribution < 1.29 is 33.8 Å². The number of rotatable bonds is 28. The summed E-state index contributed by atoms with van der Waals surface area (Å²) in [4.78, 5) is 68.2. The van der Waals surface area contributed by atoms with Crippen LogP contribution in [0.5, 0.6) is 5.75 Å². The summed E-state index contributed by atoms with van der Waals surface area (Å²) in [6.45, 7) is 5.87. The van der Waals surface area contributed by atoms with E-state index >= 15 is 0 Å². The second-order valence-corrected chi connectivity index (χ2v) is 18.1. The van der Waals surface area contributed by atoms with E-state index in [2.05, 4.69) is 32.9 Å². The number of hydrogen-bond donors (Lipinski definition) is 3. The highest BCUT2D eigenvalue weighted by atomic mass is 35.5. The largest absolute Gasteiger partial charge is 0.497 e. The second-order valence-electron chi connectivity index (χ2n) is 16.8. The predicted molar refractivity (Wildman–Crippen MR) is 262 cm³/mol. The molecule has 3 N–H and O–H groups in total. The summed E-state index contributed by atoms with van der Waals surface area (Å²) in [5.41, 5.74) is 0.660. The summed E-state index contributed by atoms with van der Waals surface area (Å²) in [7, 11) is 1.52. The van der Waals surface area contributed by atoms with Gasteiger partial charge in [-0.15, -0.1) is 5.10 Å². The zero-order valence-electron chi connectivity index (χ0n) is 38.5. The standard InChI is InChI=1S/C49H64Cl3N7O7/c1-5-6-7-8-9-10-11-12-13-14-15-16-17-18-19-20-28-58(47(62)33(2)3)41(49(64)65)32-42(60)53-37-23-21-22-34(29-37)46(61)54-45-43(56-55-36-24-26-38(66-4)27-25-36)48(63)59(57-45)44-39(51)30-35(50)31-40(44)52/h21-27,29-31,33,41,43H,5-20,28,32H2,1-4H3,(H,53,60)(H,64,65)(H,54,57,61)/t41-,43?/m1/s1. The number of carbonyl (C=O) groups excluding carboxylic acids is 4. The van der Waals surface area contributed by atoms with Crippen molar-refractivity contribution in [2.24, 2.45) is 21.2 Å². The van der Waals surface area contributed by atoms with Crippen molar-refractivity contribution in [3.63, 3.8) is 0 Å². The van der Waals surface area contributed by atoms with Crippen LogP contribution < -0.4 is 20.4 Å². The minimum Gasteiger partial charge on any atom is -0.497 e. The van der Waals surface area contributed by atoms with E-state index in [1.807, 2.05) is 0 Å². The molecule has 14 nitrogen and oxygen atoms in total. The Morgan fingerprint density at radius 2 is 1.36 bits per heavy atom. The van der Waals surface area contributed by atoms with Gasteiger partial charge in [-0.2, -0.15) is 15.2 Å². The van der Waals surface area contributed by atoms with Crippen LogP contribution in [0.25, 0.3) is 0 Å². The summed E-state index contributed by atoms with van der Waals surface area (Å²) in [5, 5.41) is 29.5. The molecule has 0 saturated carbocycles. The van der Waals surface area contributed by atoms with E-state index in [1.165, 1.54) is 119 Å². The fourth-order valence-electron chi connectivity index (χ4n) is 7.54. The summed E-state index contributed by atoms with van der Waals surface area (Å²) in [5.74, 6) is -3.80. The van der Waals surface area contributed by atoms with Gasteiger partial charge in [-0.25, -0.2) is 4.79 Å². The fourth-order valence-corrected chi connectivity index (χ4v) is 8.52. The Kier molecular flexibility index (Phi) is 22.9. The molecule has 1 unspecified atom stereocenters. The molecule has 1 aliphatic rings. The number of amides is 4. The van der Waals surface area contributed by atoms with E-state index in [4.69, 9.17) is 39.5 Å². The first-order valence-corrected chi connectivity index (χ1v) is 24.2. The Labute approximate surface area is 403 Å². The maximum atomic E-state index is 13.8. The van der Waals surface area contributed by atoms with E-state index in [0.717, 1.165) is 30.7 Å². The quantitative estimate of drug-likeness (QED) is 0.0478. The van der Waals surface area contributed by atoms with E-state index in [-0.39, 0.29) is 50.3 Å². The molecule has 3 aromatic rings. The molecule has 0 aromatic heterocycles. The van der Waals surface area contributed by atoms with Crippen LogP contribution in [0.1, 0.15) is 140 Å². The zero-order valence-corrected chi connectivity index (χ0v) is 40.8. The summed E-state index contributed by atoms with van der Waals surface area (Å²) >= 11 is 19.0. The van der Waals surface area contributed by atoms with Crippen LogP contribution in [0.3, 0.4) is 0 Å². The molecular weight excluding hydrogens is 905 g/mol. The third-order valence-corrected chi connectivity index (χ3v) is 12.0. The number of anilines is 2. The molecular formula is C49H64Cl3N7O7. The third kappa shape index (κ3) is 17.0. The van der Waals surface area contributed by atoms with E-state index < -0.39 is 48.1 Å². The highest BCUT2D eigenvalue weighted by Crippen LogP contribution is 2.39. The smallest absolute Gasteiger partial charge is 0.326 e. The predicted octanol–water partition coefficient (Wildman–Crippen LogP) is 12.4. The van der Waals surface area contributed by atoms with Gasteiger partial charge >= 0.3 is 5.97 Å². The molecule has 1 heterocycles. The van der Waals surface area contributed by atoms with Gasteiger partial charge in [0.15, 0.2) is 5.84 Å². The van der Waals surface area contributed by atoms with Gasteiger partial charge in [0.2, 0.25) is 17.9 Å². The molecule has 0 saturated heterocycles. The number of unbranched alkanes of at least 4 members (excludes halogenated alkanes) is 15. The number of azo groups is 1. The minimum absolute atomic E-state index is 0.0182. The number of amidine groups is 1. The number of ether oxygens (including phenoxy) is 1. The lowest BCUT2D eigenvalue weighted by molar-refractivity contribution is -0.153. The van der Waals surface area contributed by atoms with Gasteiger partial charge in [0, 0.05) is 28.7 Å². The molecule has 17 heteroatoms. The number of hydrogen-bond acceptors (Lipinski definition) is 9. The number of aliphatic carboxylic acids is 1. The molecule has 4 rings (SSSR count). The highest BCUT2D eigenvalue weighted by Gasteiger charge is 2.40. The molecule has 0 fully saturated rings. The lowest BCUT2D eigenvalue weighted by Crippen LogP contribution is -2.48. The van der Waals surface area contributed by atoms with Gasteiger partial charge in [0.25, 0.3) is 11.8 Å². The molecule has 2 atom stereocenters. The molecule has 0 radical (unpaired) electrons. The van der Waals surface area contributed by atoms with Crippen molar-refractivity contribution in [1.29, 1.82) is 0 Å². The Hall–Kier alpha value is -5.05. The van der Waals surface area contributed by atoms with Crippen molar-refractivity contribution in [3.8, 4) is 5.75 Å². The van der Waals surface area contributed by atoms with Crippen molar-refractivity contribution in [3.05, 3.63) is 81.3 Å². The number of halogens is 3. The number of benzene rings is 3. The average Bonchev–Trinajstić information content (AvgIpc) is 3.58. The summed E-state index contributed by atoms with van der Waals surface area (Å²) in [6.07, 6.45) is 18.6. The van der Waals surface area contributed by atoms with Gasteiger partial charge in [0.1, 0.15) is 17.5 Å². The number of methoxy groups -OCH3 is 1. The first-order chi connectivity index (χ1) is 31.7. The van der Waals surface area contributed by atoms with Crippen LogP contribution in [0.2, 0.25) is 15.1 Å². The number of carboxylic acids is 1. The van der Waals surface area contributed by atoms with Crippen molar-refractivity contribution in [2.45, 2.75) is 142 Å².